The predicted molar refractivity (Wildman–Crippen MR) is 64.6 cm³/mol. The lowest BCUT2D eigenvalue weighted by atomic mass is 9.99. The van der Waals surface area contributed by atoms with Crippen molar-refractivity contribution in [2.75, 3.05) is 13.1 Å². The monoisotopic (exact) mass is 310 g/mol. The van der Waals surface area contributed by atoms with E-state index in [1.165, 1.54) is 0 Å². The molecule has 1 N–H and O–H groups in total. The van der Waals surface area contributed by atoms with Gasteiger partial charge in [-0.1, -0.05) is 0 Å². The highest BCUT2D eigenvalue weighted by Crippen LogP contribution is 2.34. The zero-order chi connectivity index (χ0) is 15.0. The number of pyridine rings is 1. The van der Waals surface area contributed by atoms with Crippen molar-refractivity contribution >= 4 is 10.0 Å². The van der Waals surface area contributed by atoms with Crippen LogP contribution in [0.5, 0.6) is 0 Å². The van der Waals surface area contributed by atoms with Crippen LogP contribution in [0.1, 0.15) is 12.8 Å². The second-order valence-corrected chi connectivity index (χ2v) is 6.57. The number of aromatic nitrogens is 1. The number of hydrogen-bond donors (Lipinski definition) is 1. The third kappa shape index (κ3) is 3.04. The summed E-state index contributed by atoms with van der Waals surface area (Å²) in [4.78, 5) is 12.9. The average Bonchev–Trinajstić information content (AvgIpc) is 2.38. The van der Waals surface area contributed by atoms with Crippen molar-refractivity contribution in [3.8, 4) is 0 Å². The maximum Gasteiger partial charge on any atom is 0.393 e. The second kappa shape index (κ2) is 5.21. The molecule has 0 saturated carbocycles. The SMILES string of the molecule is O=c1ccc(S(=O)(=O)N2CCCC(C(F)(F)F)C2)c[nH]1. The molecule has 0 spiro atoms. The van der Waals surface area contributed by atoms with Crippen LogP contribution in [0.2, 0.25) is 0 Å². The summed E-state index contributed by atoms with van der Waals surface area (Å²) in [5.41, 5.74) is -0.476. The third-order valence-corrected chi connectivity index (χ3v) is 5.10. The van der Waals surface area contributed by atoms with E-state index >= 15 is 0 Å². The summed E-state index contributed by atoms with van der Waals surface area (Å²) < 4.78 is 63.3. The van der Waals surface area contributed by atoms with Crippen LogP contribution >= 0.6 is 0 Å². The molecule has 1 unspecified atom stereocenters. The van der Waals surface area contributed by atoms with Gasteiger partial charge in [0.25, 0.3) is 0 Å². The number of nitrogens with one attached hydrogen (secondary N) is 1. The Morgan fingerprint density at radius 1 is 1.30 bits per heavy atom. The molecule has 5 nitrogen and oxygen atoms in total. The van der Waals surface area contributed by atoms with Crippen molar-refractivity contribution in [3.63, 3.8) is 0 Å². The minimum absolute atomic E-state index is 0.0496. The van der Waals surface area contributed by atoms with Crippen molar-refractivity contribution in [2.45, 2.75) is 23.9 Å². The Labute approximate surface area is 113 Å². The fraction of sp³-hybridized carbons (Fsp3) is 0.545. The molecule has 0 bridgehead atoms. The van der Waals surface area contributed by atoms with E-state index in [4.69, 9.17) is 0 Å². The highest BCUT2D eigenvalue weighted by molar-refractivity contribution is 7.89. The van der Waals surface area contributed by atoms with Crippen molar-refractivity contribution in [2.24, 2.45) is 5.92 Å². The van der Waals surface area contributed by atoms with Gasteiger partial charge in [0.15, 0.2) is 0 Å². The van der Waals surface area contributed by atoms with Gasteiger partial charge in [-0.15, -0.1) is 0 Å². The number of rotatable bonds is 2. The Kier molecular flexibility index (Phi) is 3.92. The Morgan fingerprint density at radius 3 is 2.55 bits per heavy atom. The first-order valence-electron chi connectivity index (χ1n) is 5.97. The summed E-state index contributed by atoms with van der Waals surface area (Å²) in [6, 6.07) is 2.11. The van der Waals surface area contributed by atoms with Crippen molar-refractivity contribution in [3.05, 3.63) is 28.7 Å². The fourth-order valence-electron chi connectivity index (χ4n) is 2.13. The molecule has 2 rings (SSSR count). The molecule has 0 aliphatic carbocycles. The smallest absolute Gasteiger partial charge is 0.328 e. The normalized spacial score (nSPS) is 21.9. The van der Waals surface area contributed by atoms with Gasteiger partial charge in [-0.2, -0.15) is 17.5 Å². The van der Waals surface area contributed by atoms with E-state index in [0.717, 1.165) is 22.6 Å². The summed E-state index contributed by atoms with van der Waals surface area (Å²) in [6.45, 7) is -0.529. The topological polar surface area (TPSA) is 70.2 Å². The molecule has 112 valence electrons. The Morgan fingerprint density at radius 2 is 2.00 bits per heavy atom. The average molecular weight is 310 g/mol. The van der Waals surface area contributed by atoms with Crippen LogP contribution in [0.4, 0.5) is 13.2 Å². The van der Waals surface area contributed by atoms with Crippen molar-refractivity contribution in [1.29, 1.82) is 0 Å². The number of aromatic amines is 1. The number of hydrogen-bond acceptors (Lipinski definition) is 3. The van der Waals surface area contributed by atoms with Crippen LogP contribution in [-0.2, 0) is 10.0 Å². The Balaban J connectivity index is 2.25. The summed E-state index contributed by atoms with van der Waals surface area (Å²) in [7, 11) is -4.01. The Hall–Kier alpha value is -1.35. The van der Waals surface area contributed by atoms with Gasteiger partial charge in [0.05, 0.1) is 10.8 Å². The molecule has 0 radical (unpaired) electrons. The van der Waals surface area contributed by atoms with Crippen LogP contribution in [0, 0.1) is 5.92 Å². The van der Waals surface area contributed by atoms with Gasteiger partial charge in [-0.25, -0.2) is 8.42 Å². The zero-order valence-corrected chi connectivity index (χ0v) is 11.2. The van der Waals surface area contributed by atoms with Gasteiger partial charge < -0.3 is 4.98 Å². The number of H-pyrrole nitrogens is 1. The van der Waals surface area contributed by atoms with Gasteiger partial charge in [0.1, 0.15) is 0 Å². The molecule has 2 heterocycles. The maximum atomic E-state index is 12.7. The Bertz CT molecular complexity index is 619. The van der Waals surface area contributed by atoms with Crippen LogP contribution in [0.3, 0.4) is 0 Å². The maximum absolute atomic E-state index is 12.7. The lowest BCUT2D eigenvalue weighted by Crippen LogP contribution is -2.44. The minimum Gasteiger partial charge on any atom is -0.328 e. The predicted octanol–water partition coefficient (Wildman–Crippen LogP) is 1.34. The van der Waals surface area contributed by atoms with Crippen LogP contribution in [0.25, 0.3) is 0 Å². The molecule has 1 aliphatic rings. The molecular formula is C11H13F3N2O3S. The van der Waals surface area contributed by atoms with E-state index in [1.807, 2.05) is 0 Å². The van der Waals surface area contributed by atoms with E-state index in [2.05, 4.69) is 4.98 Å². The van der Waals surface area contributed by atoms with Gasteiger partial charge in [-0.05, 0) is 18.9 Å². The van der Waals surface area contributed by atoms with Crippen molar-refractivity contribution < 1.29 is 21.6 Å². The summed E-state index contributed by atoms with van der Waals surface area (Å²) >= 11 is 0. The van der Waals surface area contributed by atoms with Crippen LogP contribution in [0.15, 0.2) is 28.0 Å². The standard InChI is InChI=1S/C11H13F3N2O3S/c12-11(13,14)8-2-1-5-16(7-8)20(18,19)9-3-4-10(17)15-6-9/h3-4,6,8H,1-2,5,7H2,(H,15,17). The van der Waals surface area contributed by atoms with E-state index in [9.17, 15) is 26.4 Å². The van der Waals surface area contributed by atoms with Gasteiger partial charge in [0.2, 0.25) is 15.6 Å². The lowest BCUT2D eigenvalue weighted by molar-refractivity contribution is -0.182. The fourth-order valence-corrected chi connectivity index (χ4v) is 3.63. The van der Waals surface area contributed by atoms with Gasteiger partial charge in [-0.3, -0.25) is 4.79 Å². The molecule has 1 atom stereocenters. The van der Waals surface area contributed by atoms with Crippen molar-refractivity contribution in [1.82, 2.24) is 9.29 Å². The third-order valence-electron chi connectivity index (χ3n) is 3.24. The number of alkyl halides is 3. The number of sulfonamides is 1. The lowest BCUT2D eigenvalue weighted by Gasteiger charge is -2.32. The molecule has 20 heavy (non-hydrogen) atoms. The zero-order valence-electron chi connectivity index (χ0n) is 10.4. The summed E-state index contributed by atoms with van der Waals surface area (Å²) in [6.07, 6.45) is -3.32. The molecule has 9 heteroatoms. The van der Waals surface area contributed by atoms with E-state index in [1.54, 1.807) is 0 Å². The highest BCUT2D eigenvalue weighted by Gasteiger charge is 2.44. The number of halogens is 3. The number of nitrogens with zero attached hydrogens (tertiary/aromatic N) is 1. The molecule has 0 aromatic carbocycles. The summed E-state index contributed by atoms with van der Waals surface area (Å²) in [5.74, 6) is -1.64. The quantitative estimate of drug-likeness (QED) is 0.896. The summed E-state index contributed by atoms with van der Waals surface area (Å²) in [5, 5.41) is 0. The van der Waals surface area contributed by atoms with E-state index in [0.29, 0.717) is 0 Å². The van der Waals surface area contributed by atoms with E-state index in [-0.39, 0.29) is 24.3 Å². The van der Waals surface area contributed by atoms with E-state index < -0.39 is 34.2 Å². The molecule has 1 saturated heterocycles. The molecule has 0 amide bonds. The minimum atomic E-state index is -4.40. The molecule has 1 aliphatic heterocycles. The van der Waals surface area contributed by atoms with Crippen LogP contribution < -0.4 is 5.56 Å². The van der Waals surface area contributed by atoms with Gasteiger partial charge in [0, 0.05) is 25.4 Å². The second-order valence-electron chi connectivity index (χ2n) is 4.63. The molecule has 1 aromatic heterocycles. The first-order valence-corrected chi connectivity index (χ1v) is 7.41. The number of piperidine rings is 1. The molecular weight excluding hydrogens is 297 g/mol. The first-order chi connectivity index (χ1) is 9.21. The highest BCUT2D eigenvalue weighted by atomic mass is 32.2. The van der Waals surface area contributed by atoms with Crippen LogP contribution in [-0.4, -0.2) is 37.0 Å². The molecule has 1 aromatic rings. The molecule has 1 fully saturated rings. The first kappa shape index (κ1) is 15.0. The largest absolute Gasteiger partial charge is 0.393 e. The van der Waals surface area contributed by atoms with Gasteiger partial charge >= 0.3 is 6.18 Å².